The molecule has 0 fully saturated rings. The zero-order chi connectivity index (χ0) is 14.0. The van der Waals surface area contributed by atoms with Crippen LogP contribution in [-0.4, -0.2) is 16.0 Å². The molecular weight excluding hydrogens is 308 g/mol. The zero-order valence-corrected chi connectivity index (χ0v) is 12.2. The molecule has 5 heteroatoms. The summed E-state index contributed by atoms with van der Waals surface area (Å²) in [6.07, 6.45) is 1.59. The van der Waals surface area contributed by atoms with Gasteiger partial charge in [-0.3, -0.25) is 4.79 Å². The predicted octanol–water partition coefficient (Wildman–Crippen LogP) is 3.42. The fourth-order valence-electron chi connectivity index (χ4n) is 1.73. The minimum atomic E-state index is -0.221. The Morgan fingerprint density at radius 3 is 2.63 bits per heavy atom. The topological polar surface area (TPSA) is 62.2 Å². The first kappa shape index (κ1) is 13.5. The normalized spacial score (nSPS) is 10.3. The van der Waals surface area contributed by atoms with Crippen LogP contribution in [0.5, 0.6) is 5.75 Å². The van der Waals surface area contributed by atoms with Crippen LogP contribution in [0.3, 0.4) is 0 Å². The molecule has 0 spiro atoms. The van der Waals surface area contributed by atoms with E-state index in [0.717, 1.165) is 15.7 Å². The summed E-state index contributed by atoms with van der Waals surface area (Å²) < 4.78 is 0.756. The van der Waals surface area contributed by atoms with Crippen molar-refractivity contribution in [3.63, 3.8) is 0 Å². The molecular formula is C14H13BrN2O2. The van der Waals surface area contributed by atoms with Crippen molar-refractivity contribution in [2.75, 3.05) is 5.32 Å². The molecule has 0 aliphatic heterocycles. The van der Waals surface area contributed by atoms with Crippen LogP contribution in [0.15, 0.2) is 35.1 Å². The first-order chi connectivity index (χ1) is 8.97. The minimum Gasteiger partial charge on any atom is -0.508 e. The molecule has 4 nitrogen and oxygen atoms in total. The number of anilines is 1. The lowest BCUT2D eigenvalue weighted by Crippen LogP contribution is -2.13. The van der Waals surface area contributed by atoms with Gasteiger partial charge in [0.25, 0.3) is 5.91 Å². The molecule has 0 saturated carbocycles. The second kappa shape index (κ2) is 5.40. The van der Waals surface area contributed by atoms with Crippen molar-refractivity contribution in [2.45, 2.75) is 13.8 Å². The molecule has 2 rings (SSSR count). The molecule has 0 radical (unpaired) electrons. The summed E-state index contributed by atoms with van der Waals surface area (Å²) >= 11 is 3.31. The Balaban J connectivity index is 2.23. The fraction of sp³-hybridized carbons (Fsp3) is 0.143. The molecule has 1 amide bonds. The molecule has 19 heavy (non-hydrogen) atoms. The molecule has 1 aromatic carbocycles. The minimum absolute atomic E-state index is 0.148. The third-order valence-corrected chi connectivity index (χ3v) is 3.56. The number of aromatic nitrogens is 1. The lowest BCUT2D eigenvalue weighted by molar-refractivity contribution is 0.102. The maximum absolute atomic E-state index is 12.1. The van der Waals surface area contributed by atoms with Crippen LogP contribution in [0.25, 0.3) is 0 Å². The lowest BCUT2D eigenvalue weighted by Gasteiger charge is -2.08. The highest BCUT2D eigenvalue weighted by atomic mass is 79.9. The summed E-state index contributed by atoms with van der Waals surface area (Å²) in [7, 11) is 0. The van der Waals surface area contributed by atoms with Crippen LogP contribution < -0.4 is 5.32 Å². The van der Waals surface area contributed by atoms with Gasteiger partial charge in [0.2, 0.25) is 0 Å². The second-order valence-corrected chi connectivity index (χ2v) is 5.04. The van der Waals surface area contributed by atoms with Gasteiger partial charge in [-0.05, 0) is 65.2 Å². The molecule has 0 saturated heterocycles. The number of carbonyl (C=O) groups is 1. The zero-order valence-electron chi connectivity index (χ0n) is 10.6. The predicted molar refractivity (Wildman–Crippen MR) is 77.5 cm³/mol. The Hall–Kier alpha value is -1.88. The van der Waals surface area contributed by atoms with Gasteiger partial charge in [-0.1, -0.05) is 0 Å². The van der Waals surface area contributed by atoms with Crippen molar-refractivity contribution in [3.8, 4) is 5.75 Å². The van der Waals surface area contributed by atoms with E-state index in [1.807, 2.05) is 13.0 Å². The monoisotopic (exact) mass is 320 g/mol. The van der Waals surface area contributed by atoms with Crippen molar-refractivity contribution in [1.82, 2.24) is 4.98 Å². The van der Waals surface area contributed by atoms with Crippen molar-refractivity contribution < 1.29 is 9.90 Å². The first-order valence-electron chi connectivity index (χ1n) is 5.70. The van der Waals surface area contributed by atoms with E-state index >= 15 is 0 Å². The summed E-state index contributed by atoms with van der Waals surface area (Å²) in [4.78, 5) is 16.2. The standard InChI is InChI=1S/C14H13BrN2O2/c1-8-6-11(18)3-4-12(8)14(19)17-10-5-9(2)13(15)16-7-10/h3-7,18H,1-2H3,(H,17,19). The van der Waals surface area contributed by atoms with E-state index in [0.29, 0.717) is 11.3 Å². The number of pyridine rings is 1. The van der Waals surface area contributed by atoms with E-state index in [9.17, 15) is 9.90 Å². The Labute approximate surface area is 119 Å². The highest BCUT2D eigenvalue weighted by Crippen LogP contribution is 2.19. The highest BCUT2D eigenvalue weighted by molar-refractivity contribution is 9.10. The third kappa shape index (κ3) is 3.12. The molecule has 0 atom stereocenters. The molecule has 2 N–H and O–H groups in total. The van der Waals surface area contributed by atoms with Gasteiger partial charge in [0, 0.05) is 5.56 Å². The van der Waals surface area contributed by atoms with Crippen molar-refractivity contribution in [1.29, 1.82) is 0 Å². The van der Waals surface area contributed by atoms with Gasteiger partial charge in [0.1, 0.15) is 10.4 Å². The Kier molecular flexibility index (Phi) is 3.85. The molecule has 0 aliphatic carbocycles. The molecule has 0 unspecified atom stereocenters. The van der Waals surface area contributed by atoms with Crippen LogP contribution in [0, 0.1) is 13.8 Å². The molecule has 1 heterocycles. The number of rotatable bonds is 2. The van der Waals surface area contributed by atoms with E-state index in [1.165, 1.54) is 6.07 Å². The highest BCUT2D eigenvalue weighted by Gasteiger charge is 2.10. The summed E-state index contributed by atoms with van der Waals surface area (Å²) in [6.45, 7) is 3.68. The van der Waals surface area contributed by atoms with Crippen LogP contribution >= 0.6 is 15.9 Å². The van der Waals surface area contributed by atoms with Crippen molar-refractivity contribution in [3.05, 3.63) is 51.8 Å². The summed E-state index contributed by atoms with van der Waals surface area (Å²) in [5.41, 5.74) is 2.83. The summed E-state index contributed by atoms with van der Waals surface area (Å²) in [6, 6.07) is 6.48. The van der Waals surface area contributed by atoms with Gasteiger partial charge in [-0.2, -0.15) is 0 Å². The Morgan fingerprint density at radius 2 is 2.00 bits per heavy atom. The number of carbonyl (C=O) groups excluding carboxylic acids is 1. The van der Waals surface area contributed by atoms with E-state index in [2.05, 4.69) is 26.2 Å². The third-order valence-electron chi connectivity index (χ3n) is 2.73. The molecule has 2 aromatic rings. The van der Waals surface area contributed by atoms with E-state index < -0.39 is 0 Å². The number of phenols is 1. The number of hydrogen-bond donors (Lipinski definition) is 2. The molecule has 98 valence electrons. The van der Waals surface area contributed by atoms with Crippen LogP contribution in [0.1, 0.15) is 21.5 Å². The Bertz CT molecular complexity index is 641. The average Bonchev–Trinajstić information content (AvgIpc) is 2.33. The quantitative estimate of drug-likeness (QED) is 0.833. The lowest BCUT2D eigenvalue weighted by atomic mass is 10.1. The Morgan fingerprint density at radius 1 is 1.26 bits per heavy atom. The summed E-state index contributed by atoms with van der Waals surface area (Å²) in [5.74, 6) is -0.0729. The average molecular weight is 321 g/mol. The van der Waals surface area contributed by atoms with Gasteiger partial charge in [-0.25, -0.2) is 4.98 Å². The van der Waals surface area contributed by atoms with E-state index in [4.69, 9.17) is 0 Å². The van der Waals surface area contributed by atoms with Crippen molar-refractivity contribution in [2.24, 2.45) is 0 Å². The maximum atomic E-state index is 12.1. The number of aryl methyl sites for hydroxylation is 2. The van der Waals surface area contributed by atoms with Gasteiger partial charge in [-0.15, -0.1) is 0 Å². The molecule has 1 aromatic heterocycles. The number of phenolic OH excluding ortho intramolecular Hbond substituents is 1. The number of aromatic hydroxyl groups is 1. The fourth-order valence-corrected chi connectivity index (χ4v) is 1.94. The molecule has 0 aliphatic rings. The largest absolute Gasteiger partial charge is 0.508 e. The molecule has 0 bridgehead atoms. The van der Waals surface area contributed by atoms with Gasteiger partial charge in [0.15, 0.2) is 0 Å². The number of hydrogen-bond acceptors (Lipinski definition) is 3. The number of nitrogens with zero attached hydrogens (tertiary/aromatic N) is 1. The van der Waals surface area contributed by atoms with E-state index in [1.54, 1.807) is 25.3 Å². The van der Waals surface area contributed by atoms with Gasteiger partial charge in [0.05, 0.1) is 11.9 Å². The smallest absolute Gasteiger partial charge is 0.255 e. The number of halogens is 1. The van der Waals surface area contributed by atoms with Crippen LogP contribution in [0.2, 0.25) is 0 Å². The first-order valence-corrected chi connectivity index (χ1v) is 6.50. The van der Waals surface area contributed by atoms with Crippen LogP contribution in [0.4, 0.5) is 5.69 Å². The van der Waals surface area contributed by atoms with Gasteiger partial charge >= 0.3 is 0 Å². The second-order valence-electron chi connectivity index (χ2n) is 4.29. The van der Waals surface area contributed by atoms with Crippen LogP contribution in [-0.2, 0) is 0 Å². The SMILES string of the molecule is Cc1cc(O)ccc1C(=O)Nc1cnc(Br)c(C)c1. The maximum Gasteiger partial charge on any atom is 0.255 e. The number of amides is 1. The summed E-state index contributed by atoms with van der Waals surface area (Å²) in [5, 5.41) is 12.1. The number of benzene rings is 1. The van der Waals surface area contributed by atoms with E-state index in [-0.39, 0.29) is 11.7 Å². The van der Waals surface area contributed by atoms with Gasteiger partial charge < -0.3 is 10.4 Å². The van der Waals surface area contributed by atoms with Crippen molar-refractivity contribution >= 4 is 27.5 Å². The number of nitrogens with one attached hydrogen (secondary N) is 1.